The Balaban J connectivity index is 2.17. The van der Waals surface area contributed by atoms with E-state index in [-0.39, 0.29) is 22.6 Å². The molecule has 3 heterocycles. The first-order chi connectivity index (χ1) is 10.1. The van der Waals surface area contributed by atoms with Crippen molar-refractivity contribution in [2.24, 2.45) is 0 Å². The predicted molar refractivity (Wildman–Crippen MR) is 70.1 cm³/mol. The SMILES string of the molecule is Nc1ncc(-c2cnn3cc[nH]c(=O)c23)cc1OC(F)F. The van der Waals surface area contributed by atoms with Gasteiger partial charge in [0.1, 0.15) is 5.52 Å². The number of pyridine rings is 1. The molecule has 3 aromatic heterocycles. The molecule has 0 unspecified atom stereocenters. The second-order valence-electron chi connectivity index (χ2n) is 4.13. The number of ether oxygens (including phenoxy) is 1. The molecule has 0 aromatic carbocycles. The first-order valence-electron chi connectivity index (χ1n) is 5.82. The van der Waals surface area contributed by atoms with Crippen molar-refractivity contribution < 1.29 is 13.5 Å². The third-order valence-corrected chi connectivity index (χ3v) is 2.85. The number of nitrogens with two attached hydrogens (primary N) is 1. The Morgan fingerprint density at radius 3 is 2.95 bits per heavy atom. The van der Waals surface area contributed by atoms with Crippen molar-refractivity contribution in [2.75, 3.05) is 5.73 Å². The zero-order valence-electron chi connectivity index (χ0n) is 10.5. The number of halogens is 2. The highest BCUT2D eigenvalue weighted by Crippen LogP contribution is 2.29. The fraction of sp³-hybridized carbons (Fsp3) is 0.0833. The number of anilines is 1. The van der Waals surface area contributed by atoms with Crippen molar-refractivity contribution in [3.8, 4) is 16.9 Å². The lowest BCUT2D eigenvalue weighted by atomic mass is 10.1. The Morgan fingerprint density at radius 2 is 2.19 bits per heavy atom. The standard InChI is InChI=1S/C12H9F2N5O2/c13-12(14)21-8-3-6(4-17-10(8)15)7-5-18-19-2-1-16-11(20)9(7)19/h1-5,12H,(H2,15,17)(H,16,20). The van der Waals surface area contributed by atoms with Crippen molar-refractivity contribution in [2.45, 2.75) is 6.61 Å². The van der Waals surface area contributed by atoms with Crippen molar-refractivity contribution >= 4 is 11.3 Å². The minimum Gasteiger partial charge on any atom is -0.431 e. The van der Waals surface area contributed by atoms with E-state index in [4.69, 9.17) is 5.73 Å². The number of alkyl halides is 2. The summed E-state index contributed by atoms with van der Waals surface area (Å²) in [7, 11) is 0. The molecule has 0 saturated carbocycles. The van der Waals surface area contributed by atoms with E-state index in [0.29, 0.717) is 11.1 Å². The van der Waals surface area contributed by atoms with Gasteiger partial charge in [0.2, 0.25) is 0 Å². The Kier molecular flexibility index (Phi) is 3.01. The lowest BCUT2D eigenvalue weighted by Gasteiger charge is -2.08. The number of nitrogens with zero attached hydrogens (tertiary/aromatic N) is 3. The minimum absolute atomic E-state index is 0.163. The number of nitrogens with one attached hydrogen (secondary N) is 1. The van der Waals surface area contributed by atoms with E-state index < -0.39 is 6.61 Å². The number of hydrogen-bond acceptors (Lipinski definition) is 5. The highest BCUT2D eigenvalue weighted by Gasteiger charge is 2.14. The average molecular weight is 293 g/mol. The van der Waals surface area contributed by atoms with E-state index in [1.165, 1.54) is 29.2 Å². The summed E-state index contributed by atoms with van der Waals surface area (Å²) >= 11 is 0. The van der Waals surface area contributed by atoms with Crippen molar-refractivity contribution in [3.63, 3.8) is 0 Å². The average Bonchev–Trinajstić information content (AvgIpc) is 2.86. The summed E-state index contributed by atoms with van der Waals surface area (Å²) in [6.07, 6.45) is 5.79. The van der Waals surface area contributed by atoms with Crippen LogP contribution in [0.25, 0.3) is 16.6 Å². The fourth-order valence-corrected chi connectivity index (χ4v) is 1.96. The third kappa shape index (κ3) is 2.29. The van der Waals surface area contributed by atoms with Crippen LogP contribution in [0.1, 0.15) is 0 Å². The van der Waals surface area contributed by atoms with E-state index in [1.54, 1.807) is 6.20 Å². The normalized spacial score (nSPS) is 11.2. The fourth-order valence-electron chi connectivity index (χ4n) is 1.96. The molecule has 7 nitrogen and oxygen atoms in total. The third-order valence-electron chi connectivity index (χ3n) is 2.85. The number of rotatable bonds is 3. The second-order valence-corrected chi connectivity index (χ2v) is 4.13. The number of aromatic amines is 1. The van der Waals surface area contributed by atoms with Gasteiger partial charge < -0.3 is 15.5 Å². The molecule has 108 valence electrons. The number of hydrogen-bond donors (Lipinski definition) is 2. The molecule has 21 heavy (non-hydrogen) atoms. The first-order valence-corrected chi connectivity index (χ1v) is 5.82. The predicted octanol–water partition coefficient (Wildman–Crippen LogP) is 1.27. The van der Waals surface area contributed by atoms with Gasteiger partial charge in [0.25, 0.3) is 5.56 Å². The molecule has 0 amide bonds. The molecular formula is C12H9F2N5O2. The van der Waals surface area contributed by atoms with Crippen LogP contribution in [0.2, 0.25) is 0 Å². The number of H-pyrrole nitrogens is 1. The van der Waals surface area contributed by atoms with E-state index in [0.717, 1.165) is 0 Å². The Morgan fingerprint density at radius 1 is 1.38 bits per heavy atom. The topological polar surface area (TPSA) is 98.3 Å². The lowest BCUT2D eigenvalue weighted by Crippen LogP contribution is -2.09. The summed E-state index contributed by atoms with van der Waals surface area (Å²) < 4.78 is 30.3. The van der Waals surface area contributed by atoms with Gasteiger partial charge in [-0.3, -0.25) is 4.79 Å². The summed E-state index contributed by atoms with van der Waals surface area (Å²) in [5.41, 5.74) is 6.21. The molecule has 9 heteroatoms. The molecule has 0 bridgehead atoms. The summed E-state index contributed by atoms with van der Waals surface area (Å²) in [6, 6.07) is 1.29. The second kappa shape index (κ2) is 4.85. The van der Waals surface area contributed by atoms with Gasteiger partial charge in [0.15, 0.2) is 11.6 Å². The zero-order chi connectivity index (χ0) is 15.0. The highest BCUT2D eigenvalue weighted by molar-refractivity contribution is 5.80. The molecule has 0 radical (unpaired) electrons. The van der Waals surface area contributed by atoms with E-state index in [2.05, 4.69) is 19.8 Å². The summed E-state index contributed by atoms with van der Waals surface area (Å²) in [5, 5.41) is 4.02. The Labute approximate surface area is 116 Å². The first kappa shape index (κ1) is 13.0. The van der Waals surface area contributed by atoms with Crippen LogP contribution < -0.4 is 16.0 Å². The maximum Gasteiger partial charge on any atom is 0.387 e. The van der Waals surface area contributed by atoms with Crippen molar-refractivity contribution in [1.82, 2.24) is 19.6 Å². The van der Waals surface area contributed by atoms with E-state index in [1.807, 2.05) is 0 Å². The van der Waals surface area contributed by atoms with Crippen LogP contribution >= 0.6 is 0 Å². The van der Waals surface area contributed by atoms with Crippen LogP contribution in [0, 0.1) is 0 Å². The van der Waals surface area contributed by atoms with Gasteiger partial charge in [-0.05, 0) is 6.07 Å². The molecule has 0 spiro atoms. The summed E-state index contributed by atoms with van der Waals surface area (Å²) in [5.74, 6) is -0.418. The van der Waals surface area contributed by atoms with Gasteiger partial charge in [-0.25, -0.2) is 9.50 Å². The van der Waals surface area contributed by atoms with Crippen molar-refractivity contribution in [3.05, 3.63) is 41.2 Å². The molecule has 3 aromatic rings. The van der Waals surface area contributed by atoms with Crippen LogP contribution in [0.3, 0.4) is 0 Å². The molecule has 3 N–H and O–H groups in total. The zero-order valence-corrected chi connectivity index (χ0v) is 10.5. The van der Waals surface area contributed by atoms with Gasteiger partial charge in [0, 0.05) is 29.7 Å². The largest absolute Gasteiger partial charge is 0.431 e. The maximum atomic E-state index is 12.3. The molecule has 0 fully saturated rings. The van der Waals surface area contributed by atoms with E-state index >= 15 is 0 Å². The van der Waals surface area contributed by atoms with Crippen molar-refractivity contribution in [1.29, 1.82) is 0 Å². The Bertz CT molecular complexity index is 858. The smallest absolute Gasteiger partial charge is 0.387 e. The number of aromatic nitrogens is 4. The highest BCUT2D eigenvalue weighted by atomic mass is 19.3. The van der Waals surface area contributed by atoms with Gasteiger partial charge in [0.05, 0.1) is 6.20 Å². The van der Waals surface area contributed by atoms with Gasteiger partial charge in [-0.1, -0.05) is 0 Å². The van der Waals surface area contributed by atoms with Crippen LogP contribution in [-0.2, 0) is 0 Å². The maximum absolute atomic E-state index is 12.3. The minimum atomic E-state index is -3.02. The molecule has 0 aliphatic heterocycles. The quantitative estimate of drug-likeness (QED) is 0.757. The monoisotopic (exact) mass is 293 g/mol. The van der Waals surface area contributed by atoms with Crippen LogP contribution in [0.15, 0.2) is 35.6 Å². The number of nitrogen functional groups attached to an aromatic ring is 1. The molecule has 0 aliphatic rings. The van der Waals surface area contributed by atoms with Gasteiger partial charge in [-0.15, -0.1) is 0 Å². The summed E-state index contributed by atoms with van der Waals surface area (Å²) in [4.78, 5) is 18.2. The lowest BCUT2D eigenvalue weighted by molar-refractivity contribution is -0.0494. The van der Waals surface area contributed by atoms with Gasteiger partial charge >= 0.3 is 6.61 Å². The van der Waals surface area contributed by atoms with Crippen LogP contribution in [0.5, 0.6) is 5.75 Å². The molecular weight excluding hydrogens is 284 g/mol. The molecule has 0 aliphatic carbocycles. The number of fused-ring (bicyclic) bond motifs is 1. The Hall–Kier alpha value is -2.97. The summed E-state index contributed by atoms with van der Waals surface area (Å²) in [6.45, 7) is -3.02. The van der Waals surface area contributed by atoms with Crippen LogP contribution in [0.4, 0.5) is 14.6 Å². The molecule has 0 saturated heterocycles. The van der Waals surface area contributed by atoms with Gasteiger partial charge in [-0.2, -0.15) is 13.9 Å². The molecule has 3 rings (SSSR count). The van der Waals surface area contributed by atoms with Crippen LogP contribution in [-0.4, -0.2) is 26.2 Å². The molecule has 0 atom stereocenters. The van der Waals surface area contributed by atoms with E-state index in [9.17, 15) is 13.6 Å².